The molecule has 0 saturated heterocycles. The number of hydrogen-bond acceptors (Lipinski definition) is 4. The van der Waals surface area contributed by atoms with Crippen molar-refractivity contribution >= 4 is 0 Å². The Morgan fingerprint density at radius 2 is 2.16 bits per heavy atom. The summed E-state index contributed by atoms with van der Waals surface area (Å²) >= 11 is 0. The average molecular weight is 259 g/mol. The fourth-order valence-corrected chi connectivity index (χ4v) is 2.15. The molecule has 0 aliphatic rings. The van der Waals surface area contributed by atoms with E-state index in [0.717, 1.165) is 30.7 Å². The number of aryl methyl sites for hydroxylation is 2. The van der Waals surface area contributed by atoms with Gasteiger partial charge in [-0.25, -0.2) is 0 Å². The lowest BCUT2D eigenvalue weighted by molar-refractivity contribution is 0.501. The molecule has 1 atom stereocenters. The predicted octanol–water partition coefficient (Wildman–Crippen LogP) is 0.995. The summed E-state index contributed by atoms with van der Waals surface area (Å²) in [5, 5.41) is 4.46. The van der Waals surface area contributed by atoms with E-state index in [-0.39, 0.29) is 6.04 Å². The van der Waals surface area contributed by atoms with Crippen molar-refractivity contribution in [1.82, 2.24) is 20.2 Å². The van der Waals surface area contributed by atoms with Gasteiger partial charge < -0.3 is 0 Å². The van der Waals surface area contributed by atoms with Crippen molar-refractivity contribution in [2.75, 3.05) is 0 Å². The Kier molecular flexibility index (Phi) is 4.65. The van der Waals surface area contributed by atoms with Crippen molar-refractivity contribution < 1.29 is 0 Å². The molecule has 1 unspecified atom stereocenters. The van der Waals surface area contributed by atoms with E-state index in [2.05, 4.69) is 28.5 Å². The van der Waals surface area contributed by atoms with Crippen LogP contribution in [0.2, 0.25) is 0 Å². The van der Waals surface area contributed by atoms with Crippen LogP contribution in [0, 0.1) is 0 Å². The Morgan fingerprint density at radius 1 is 1.32 bits per heavy atom. The Labute approximate surface area is 113 Å². The lowest BCUT2D eigenvalue weighted by Gasteiger charge is -2.15. The van der Waals surface area contributed by atoms with E-state index < -0.39 is 0 Å². The van der Waals surface area contributed by atoms with E-state index >= 15 is 0 Å². The number of aromatic nitrogens is 3. The molecule has 0 spiro atoms. The Morgan fingerprint density at radius 3 is 2.74 bits per heavy atom. The molecule has 19 heavy (non-hydrogen) atoms. The lowest BCUT2D eigenvalue weighted by Crippen LogP contribution is -2.39. The number of hydrazine groups is 1. The minimum absolute atomic E-state index is 0.162. The van der Waals surface area contributed by atoms with Crippen LogP contribution in [0.15, 0.2) is 30.5 Å². The van der Waals surface area contributed by atoms with Gasteiger partial charge in [0.1, 0.15) is 0 Å². The molecule has 2 aromatic rings. The predicted molar refractivity (Wildman–Crippen MR) is 75.3 cm³/mol. The van der Waals surface area contributed by atoms with Crippen LogP contribution >= 0.6 is 0 Å². The van der Waals surface area contributed by atoms with Gasteiger partial charge in [0.05, 0.1) is 5.69 Å². The van der Waals surface area contributed by atoms with Gasteiger partial charge in [-0.3, -0.25) is 20.9 Å². The Balaban J connectivity index is 2.04. The smallest absolute Gasteiger partial charge is 0.0624 e. The first-order chi connectivity index (χ1) is 9.22. The molecule has 0 radical (unpaired) electrons. The summed E-state index contributed by atoms with van der Waals surface area (Å²) in [5.74, 6) is 5.65. The molecule has 5 nitrogen and oxygen atoms in total. The number of nitrogens with zero attached hydrogens (tertiary/aromatic N) is 3. The summed E-state index contributed by atoms with van der Waals surface area (Å²) in [6.07, 6.45) is 4.41. The molecule has 0 saturated carbocycles. The second-order valence-electron chi connectivity index (χ2n) is 4.70. The third kappa shape index (κ3) is 3.62. The largest absolute Gasteiger partial charge is 0.272 e. The number of pyridine rings is 1. The van der Waals surface area contributed by atoms with Gasteiger partial charge >= 0.3 is 0 Å². The monoisotopic (exact) mass is 259 g/mol. The highest BCUT2D eigenvalue weighted by molar-refractivity contribution is 5.13. The maximum atomic E-state index is 5.65. The first-order valence-electron chi connectivity index (χ1n) is 6.60. The molecule has 0 fully saturated rings. The van der Waals surface area contributed by atoms with E-state index in [0.29, 0.717) is 0 Å². The van der Waals surface area contributed by atoms with Crippen molar-refractivity contribution in [3.63, 3.8) is 0 Å². The van der Waals surface area contributed by atoms with Crippen LogP contribution in [-0.4, -0.2) is 20.8 Å². The minimum atomic E-state index is 0.162. The van der Waals surface area contributed by atoms with Crippen LogP contribution < -0.4 is 11.3 Å². The Hall–Kier alpha value is -1.72. The second kappa shape index (κ2) is 6.45. The molecule has 2 aromatic heterocycles. The van der Waals surface area contributed by atoms with Crippen molar-refractivity contribution in [2.45, 2.75) is 32.2 Å². The highest BCUT2D eigenvalue weighted by Gasteiger charge is 2.13. The molecule has 5 heteroatoms. The number of rotatable bonds is 6. The summed E-state index contributed by atoms with van der Waals surface area (Å²) in [7, 11) is 1.98. The van der Waals surface area contributed by atoms with Crippen LogP contribution in [0.3, 0.4) is 0 Å². The van der Waals surface area contributed by atoms with Gasteiger partial charge in [0.25, 0.3) is 0 Å². The SMILES string of the molecule is CCc1cc(CC(Cc2ccccn2)NN)n(C)n1. The first-order valence-corrected chi connectivity index (χ1v) is 6.60. The fourth-order valence-electron chi connectivity index (χ4n) is 2.15. The normalized spacial score (nSPS) is 12.6. The Bertz CT molecular complexity index is 506. The highest BCUT2D eigenvalue weighted by atomic mass is 15.3. The summed E-state index contributed by atoms with van der Waals surface area (Å²) in [4.78, 5) is 4.33. The molecule has 0 bridgehead atoms. The summed E-state index contributed by atoms with van der Waals surface area (Å²) < 4.78 is 1.93. The number of nitrogens with two attached hydrogens (primary N) is 1. The maximum absolute atomic E-state index is 5.65. The zero-order chi connectivity index (χ0) is 13.7. The molecule has 0 aliphatic carbocycles. The topological polar surface area (TPSA) is 68.8 Å². The van der Waals surface area contributed by atoms with Crippen LogP contribution in [0.25, 0.3) is 0 Å². The molecule has 2 heterocycles. The zero-order valence-electron chi connectivity index (χ0n) is 11.5. The number of nitrogens with one attached hydrogen (secondary N) is 1. The minimum Gasteiger partial charge on any atom is -0.272 e. The van der Waals surface area contributed by atoms with E-state index in [1.165, 1.54) is 5.69 Å². The molecular weight excluding hydrogens is 238 g/mol. The van der Waals surface area contributed by atoms with Gasteiger partial charge in [-0.05, 0) is 24.6 Å². The molecule has 0 aromatic carbocycles. The molecule has 0 aliphatic heterocycles. The van der Waals surface area contributed by atoms with Gasteiger partial charge in [0.15, 0.2) is 0 Å². The summed E-state index contributed by atoms with van der Waals surface area (Å²) in [5.41, 5.74) is 6.22. The molecule has 3 N–H and O–H groups in total. The van der Waals surface area contributed by atoms with Crippen LogP contribution in [-0.2, 0) is 26.3 Å². The van der Waals surface area contributed by atoms with Crippen LogP contribution in [0.1, 0.15) is 24.0 Å². The lowest BCUT2D eigenvalue weighted by atomic mass is 10.1. The van der Waals surface area contributed by atoms with E-state index in [1.54, 1.807) is 0 Å². The van der Waals surface area contributed by atoms with Gasteiger partial charge in [-0.15, -0.1) is 0 Å². The van der Waals surface area contributed by atoms with E-state index in [4.69, 9.17) is 5.84 Å². The van der Waals surface area contributed by atoms with Crippen LogP contribution in [0.4, 0.5) is 0 Å². The van der Waals surface area contributed by atoms with Crippen molar-refractivity contribution in [1.29, 1.82) is 0 Å². The van der Waals surface area contributed by atoms with Gasteiger partial charge in [0.2, 0.25) is 0 Å². The molecule has 102 valence electrons. The number of hydrogen-bond donors (Lipinski definition) is 2. The molecular formula is C14H21N5. The summed E-state index contributed by atoms with van der Waals surface area (Å²) in [6, 6.07) is 8.24. The van der Waals surface area contributed by atoms with E-state index in [1.807, 2.05) is 36.1 Å². The molecule has 2 rings (SSSR count). The summed E-state index contributed by atoms with van der Waals surface area (Å²) in [6.45, 7) is 2.11. The standard InChI is InChI=1S/C14H21N5/c1-3-11-9-14(19(2)18-11)10-13(17-15)8-12-6-4-5-7-16-12/h4-7,9,13,17H,3,8,10,15H2,1-2H3. The van der Waals surface area contributed by atoms with Crippen molar-refractivity contribution in [3.8, 4) is 0 Å². The third-order valence-corrected chi connectivity index (χ3v) is 3.26. The maximum Gasteiger partial charge on any atom is 0.0624 e. The zero-order valence-corrected chi connectivity index (χ0v) is 11.5. The van der Waals surface area contributed by atoms with Crippen molar-refractivity contribution in [3.05, 3.63) is 47.5 Å². The van der Waals surface area contributed by atoms with Gasteiger partial charge in [-0.2, -0.15) is 5.10 Å². The van der Waals surface area contributed by atoms with E-state index in [9.17, 15) is 0 Å². The van der Waals surface area contributed by atoms with Crippen LogP contribution in [0.5, 0.6) is 0 Å². The fraction of sp³-hybridized carbons (Fsp3) is 0.429. The quantitative estimate of drug-likeness (QED) is 0.600. The highest BCUT2D eigenvalue weighted by Crippen LogP contribution is 2.09. The first kappa shape index (κ1) is 13.7. The van der Waals surface area contributed by atoms with Gasteiger partial charge in [-0.1, -0.05) is 13.0 Å². The average Bonchev–Trinajstić information content (AvgIpc) is 2.80. The molecule has 0 amide bonds. The van der Waals surface area contributed by atoms with Gasteiger partial charge in [0, 0.05) is 43.5 Å². The van der Waals surface area contributed by atoms with Crippen molar-refractivity contribution in [2.24, 2.45) is 12.9 Å². The second-order valence-corrected chi connectivity index (χ2v) is 4.70. The third-order valence-electron chi connectivity index (χ3n) is 3.26.